The molecular weight excluding hydrogens is 332 g/mol. The number of benzene rings is 1. The average molecular weight is 360 g/mol. The van der Waals surface area contributed by atoms with Crippen LogP contribution in [0.2, 0.25) is 0 Å². The van der Waals surface area contributed by atoms with Gasteiger partial charge >= 0.3 is 5.97 Å². The predicted octanol–water partition coefficient (Wildman–Crippen LogP) is 3.44. The van der Waals surface area contributed by atoms with E-state index < -0.39 is 18.4 Å². The van der Waals surface area contributed by atoms with Crippen molar-refractivity contribution < 1.29 is 19.5 Å². The number of carboxylic acid groups (broad SMARTS) is 1. The molecule has 0 spiro atoms. The molecule has 3 N–H and O–H groups in total. The zero-order valence-corrected chi connectivity index (χ0v) is 15.3. The monoisotopic (exact) mass is 360 g/mol. The summed E-state index contributed by atoms with van der Waals surface area (Å²) in [6.07, 6.45) is 7.83. The lowest BCUT2D eigenvalue weighted by molar-refractivity contribution is -0.135. The van der Waals surface area contributed by atoms with Crippen LogP contribution in [0.3, 0.4) is 0 Å². The topological polar surface area (TPSA) is 95.5 Å². The maximum absolute atomic E-state index is 12.6. The zero-order valence-electron chi connectivity index (χ0n) is 15.3. The molecule has 1 unspecified atom stereocenters. The molecule has 0 radical (unpaired) electrons. The first-order chi connectivity index (χ1) is 12.5. The SMILES string of the molecule is CCCC(CC1CCCC1)C(=O)Nc1ccc(C(=O)NCC(=O)O)cc1. The van der Waals surface area contributed by atoms with Gasteiger partial charge in [0.2, 0.25) is 5.91 Å². The first-order valence-electron chi connectivity index (χ1n) is 9.40. The van der Waals surface area contributed by atoms with Gasteiger partial charge in [0.15, 0.2) is 0 Å². The number of amides is 2. The first-order valence-corrected chi connectivity index (χ1v) is 9.40. The number of carbonyl (C=O) groups is 3. The van der Waals surface area contributed by atoms with Gasteiger partial charge in [-0.25, -0.2) is 0 Å². The molecule has 1 aromatic carbocycles. The molecular formula is C20H28N2O4. The minimum atomic E-state index is -1.09. The third kappa shape index (κ3) is 6.17. The quantitative estimate of drug-likeness (QED) is 0.628. The van der Waals surface area contributed by atoms with Gasteiger partial charge in [0, 0.05) is 17.2 Å². The molecule has 1 aliphatic rings. The molecule has 1 atom stereocenters. The fraction of sp³-hybridized carbons (Fsp3) is 0.550. The largest absolute Gasteiger partial charge is 0.480 e. The van der Waals surface area contributed by atoms with Gasteiger partial charge in [-0.1, -0.05) is 39.0 Å². The molecule has 0 aromatic heterocycles. The summed E-state index contributed by atoms with van der Waals surface area (Å²) >= 11 is 0. The zero-order chi connectivity index (χ0) is 18.9. The number of anilines is 1. The molecule has 0 saturated heterocycles. The molecule has 6 heteroatoms. The van der Waals surface area contributed by atoms with Gasteiger partial charge in [-0.05, 0) is 43.0 Å². The lowest BCUT2D eigenvalue weighted by Crippen LogP contribution is -2.29. The Hall–Kier alpha value is -2.37. The van der Waals surface area contributed by atoms with Crippen LogP contribution in [0.15, 0.2) is 24.3 Å². The van der Waals surface area contributed by atoms with Crippen LogP contribution >= 0.6 is 0 Å². The second kappa shape index (κ2) is 9.94. The second-order valence-corrected chi connectivity index (χ2v) is 7.01. The van der Waals surface area contributed by atoms with Crippen LogP contribution in [0.4, 0.5) is 5.69 Å². The number of carbonyl (C=O) groups excluding carboxylic acids is 2. The average Bonchev–Trinajstić information content (AvgIpc) is 3.13. The van der Waals surface area contributed by atoms with E-state index in [9.17, 15) is 14.4 Å². The van der Waals surface area contributed by atoms with Crippen molar-refractivity contribution in [1.82, 2.24) is 5.32 Å². The van der Waals surface area contributed by atoms with Crippen molar-refractivity contribution in [1.29, 1.82) is 0 Å². The van der Waals surface area contributed by atoms with Gasteiger partial charge in [0.25, 0.3) is 5.91 Å². The Morgan fingerprint density at radius 1 is 1.15 bits per heavy atom. The van der Waals surface area contributed by atoms with Crippen LogP contribution in [-0.4, -0.2) is 29.4 Å². The van der Waals surface area contributed by atoms with E-state index in [2.05, 4.69) is 17.6 Å². The van der Waals surface area contributed by atoms with Crippen LogP contribution in [0.1, 0.15) is 62.2 Å². The molecule has 1 aliphatic carbocycles. The third-order valence-electron chi connectivity index (χ3n) is 4.92. The van der Waals surface area contributed by atoms with E-state index in [1.807, 2.05) is 0 Å². The van der Waals surface area contributed by atoms with Crippen molar-refractivity contribution in [3.63, 3.8) is 0 Å². The number of hydrogen-bond donors (Lipinski definition) is 3. The number of rotatable bonds is 9. The standard InChI is InChI=1S/C20H28N2O4/c1-2-5-16(12-14-6-3-4-7-14)20(26)22-17-10-8-15(9-11-17)19(25)21-13-18(23)24/h8-11,14,16H,2-7,12-13H2,1H3,(H,21,25)(H,22,26)(H,23,24). The molecule has 1 saturated carbocycles. The summed E-state index contributed by atoms with van der Waals surface area (Å²) in [5.74, 6) is -0.803. The highest BCUT2D eigenvalue weighted by Gasteiger charge is 2.24. The summed E-state index contributed by atoms with van der Waals surface area (Å²) in [6, 6.07) is 6.51. The van der Waals surface area contributed by atoms with Gasteiger partial charge < -0.3 is 15.7 Å². The van der Waals surface area contributed by atoms with Crippen LogP contribution in [0.25, 0.3) is 0 Å². The minimum Gasteiger partial charge on any atom is -0.480 e. The van der Waals surface area contributed by atoms with Crippen LogP contribution in [0.5, 0.6) is 0 Å². The van der Waals surface area contributed by atoms with E-state index in [0.29, 0.717) is 17.2 Å². The van der Waals surface area contributed by atoms with Crippen molar-refractivity contribution in [2.75, 3.05) is 11.9 Å². The number of carboxylic acids is 1. The van der Waals surface area contributed by atoms with Crippen molar-refractivity contribution in [3.8, 4) is 0 Å². The highest BCUT2D eigenvalue weighted by molar-refractivity contribution is 5.97. The fourth-order valence-electron chi connectivity index (χ4n) is 3.56. The van der Waals surface area contributed by atoms with Gasteiger partial charge in [-0.15, -0.1) is 0 Å². The van der Waals surface area contributed by atoms with E-state index in [0.717, 1.165) is 19.3 Å². The summed E-state index contributed by atoms with van der Waals surface area (Å²) in [5.41, 5.74) is 1.01. The highest BCUT2D eigenvalue weighted by Crippen LogP contribution is 2.32. The van der Waals surface area contributed by atoms with E-state index >= 15 is 0 Å². The van der Waals surface area contributed by atoms with Crippen molar-refractivity contribution >= 4 is 23.5 Å². The Kier molecular flexibility index (Phi) is 7.63. The fourth-order valence-corrected chi connectivity index (χ4v) is 3.56. The molecule has 1 aromatic rings. The van der Waals surface area contributed by atoms with Crippen LogP contribution in [0, 0.1) is 11.8 Å². The smallest absolute Gasteiger partial charge is 0.322 e. The van der Waals surface area contributed by atoms with Gasteiger partial charge in [0.1, 0.15) is 6.54 Å². The van der Waals surface area contributed by atoms with E-state index in [1.165, 1.54) is 25.7 Å². The van der Waals surface area contributed by atoms with E-state index in [4.69, 9.17) is 5.11 Å². The summed E-state index contributed by atoms with van der Waals surface area (Å²) in [7, 11) is 0. The second-order valence-electron chi connectivity index (χ2n) is 7.01. The van der Waals surface area contributed by atoms with Gasteiger partial charge in [-0.2, -0.15) is 0 Å². The van der Waals surface area contributed by atoms with Crippen molar-refractivity contribution in [2.45, 2.75) is 51.9 Å². The molecule has 26 heavy (non-hydrogen) atoms. The van der Waals surface area contributed by atoms with Crippen molar-refractivity contribution in [3.05, 3.63) is 29.8 Å². The Bertz CT molecular complexity index is 621. The lowest BCUT2D eigenvalue weighted by Gasteiger charge is -2.19. The van der Waals surface area contributed by atoms with Crippen LogP contribution in [-0.2, 0) is 9.59 Å². The summed E-state index contributed by atoms with van der Waals surface area (Å²) in [6.45, 7) is 1.68. The summed E-state index contributed by atoms with van der Waals surface area (Å²) in [4.78, 5) is 34.9. The minimum absolute atomic E-state index is 0.0293. The lowest BCUT2D eigenvalue weighted by atomic mass is 9.89. The molecule has 2 rings (SSSR count). The maximum Gasteiger partial charge on any atom is 0.322 e. The normalized spacial score (nSPS) is 15.4. The molecule has 6 nitrogen and oxygen atoms in total. The Morgan fingerprint density at radius 3 is 2.38 bits per heavy atom. The Labute approximate surface area is 154 Å². The molecule has 2 amide bonds. The third-order valence-corrected chi connectivity index (χ3v) is 4.92. The predicted molar refractivity (Wildman–Crippen MR) is 100 cm³/mol. The highest BCUT2D eigenvalue weighted by atomic mass is 16.4. The molecule has 0 aliphatic heterocycles. The Balaban J connectivity index is 1.91. The summed E-state index contributed by atoms with van der Waals surface area (Å²) < 4.78 is 0. The number of aliphatic carboxylic acids is 1. The Morgan fingerprint density at radius 2 is 1.81 bits per heavy atom. The van der Waals surface area contributed by atoms with E-state index in [1.54, 1.807) is 24.3 Å². The molecule has 0 bridgehead atoms. The van der Waals surface area contributed by atoms with E-state index in [-0.39, 0.29) is 11.8 Å². The first kappa shape index (κ1) is 19.9. The summed E-state index contributed by atoms with van der Waals surface area (Å²) in [5, 5.41) is 13.8. The molecule has 0 heterocycles. The maximum atomic E-state index is 12.6. The van der Waals surface area contributed by atoms with Gasteiger partial charge in [0.05, 0.1) is 0 Å². The van der Waals surface area contributed by atoms with Crippen LogP contribution < -0.4 is 10.6 Å². The van der Waals surface area contributed by atoms with Crippen molar-refractivity contribution in [2.24, 2.45) is 11.8 Å². The number of nitrogens with one attached hydrogen (secondary N) is 2. The molecule has 142 valence electrons. The van der Waals surface area contributed by atoms with Gasteiger partial charge in [-0.3, -0.25) is 14.4 Å². The molecule has 1 fully saturated rings. The number of hydrogen-bond acceptors (Lipinski definition) is 3.